The molecular formula is C20H21Cl2NO. The number of benzene rings is 1. The fourth-order valence-corrected chi connectivity index (χ4v) is 3.87. The molecule has 2 aromatic rings. The highest BCUT2D eigenvalue weighted by Gasteiger charge is 2.28. The Hall–Kier alpha value is -1.38. The van der Waals surface area contributed by atoms with Crippen molar-refractivity contribution in [2.24, 2.45) is 5.92 Å². The Morgan fingerprint density at radius 2 is 1.92 bits per heavy atom. The van der Waals surface area contributed by atoms with Gasteiger partial charge in [-0.2, -0.15) is 0 Å². The van der Waals surface area contributed by atoms with Crippen molar-refractivity contribution in [3.05, 3.63) is 50.8 Å². The fourth-order valence-electron chi connectivity index (χ4n) is 3.48. The third-order valence-corrected chi connectivity index (χ3v) is 5.33. The first-order valence-corrected chi connectivity index (χ1v) is 9.15. The maximum atomic E-state index is 12.7. The number of fused-ring (bicyclic) bond motifs is 1. The number of hydrogen-bond acceptors (Lipinski definition) is 2. The molecule has 0 radical (unpaired) electrons. The van der Waals surface area contributed by atoms with E-state index >= 15 is 0 Å². The second-order valence-corrected chi connectivity index (χ2v) is 7.63. The summed E-state index contributed by atoms with van der Waals surface area (Å²) in [6, 6.07) is 5.62. The minimum atomic E-state index is 0.166. The van der Waals surface area contributed by atoms with Gasteiger partial charge in [-0.05, 0) is 43.7 Å². The molecule has 24 heavy (non-hydrogen) atoms. The maximum Gasteiger partial charge on any atom is 0.165 e. The summed E-state index contributed by atoms with van der Waals surface area (Å²) in [6.45, 7) is 6.37. The molecule has 0 amide bonds. The van der Waals surface area contributed by atoms with Crippen molar-refractivity contribution in [3.63, 3.8) is 0 Å². The van der Waals surface area contributed by atoms with Gasteiger partial charge in [0, 0.05) is 28.8 Å². The smallest absolute Gasteiger partial charge is 0.165 e. The van der Waals surface area contributed by atoms with E-state index in [1.807, 2.05) is 19.1 Å². The van der Waals surface area contributed by atoms with Gasteiger partial charge in [0.15, 0.2) is 5.78 Å². The van der Waals surface area contributed by atoms with Crippen molar-refractivity contribution in [1.82, 2.24) is 4.98 Å². The van der Waals surface area contributed by atoms with E-state index in [2.05, 4.69) is 13.8 Å². The molecule has 0 aliphatic heterocycles. The molecule has 0 unspecified atom stereocenters. The van der Waals surface area contributed by atoms with Crippen LogP contribution in [0, 0.1) is 12.8 Å². The molecule has 0 saturated heterocycles. The maximum absolute atomic E-state index is 12.7. The van der Waals surface area contributed by atoms with Crippen molar-refractivity contribution >= 4 is 29.0 Å². The lowest BCUT2D eigenvalue weighted by Crippen LogP contribution is -2.18. The summed E-state index contributed by atoms with van der Waals surface area (Å²) in [7, 11) is 0. The molecule has 0 N–H and O–H groups in total. The number of ketones is 1. The van der Waals surface area contributed by atoms with Gasteiger partial charge in [-0.3, -0.25) is 9.78 Å². The van der Waals surface area contributed by atoms with Crippen molar-refractivity contribution in [2.75, 3.05) is 0 Å². The largest absolute Gasteiger partial charge is 0.294 e. The molecule has 1 aliphatic carbocycles. The molecule has 2 nitrogen and oxygen atoms in total. The van der Waals surface area contributed by atoms with Crippen LogP contribution >= 0.6 is 23.2 Å². The number of aryl methyl sites for hydroxylation is 2. The van der Waals surface area contributed by atoms with E-state index in [-0.39, 0.29) is 5.78 Å². The summed E-state index contributed by atoms with van der Waals surface area (Å²) in [5.41, 5.74) is 5.56. The molecule has 0 saturated carbocycles. The minimum absolute atomic E-state index is 0.166. The van der Waals surface area contributed by atoms with Gasteiger partial charge < -0.3 is 0 Å². The lowest BCUT2D eigenvalue weighted by atomic mass is 9.83. The number of rotatable bonds is 3. The average Bonchev–Trinajstić information content (AvgIpc) is 2.51. The molecular weight excluding hydrogens is 341 g/mol. The first-order chi connectivity index (χ1) is 11.4. The molecule has 0 atom stereocenters. The van der Waals surface area contributed by atoms with Crippen LogP contribution in [0.3, 0.4) is 0 Å². The van der Waals surface area contributed by atoms with E-state index in [9.17, 15) is 4.79 Å². The van der Waals surface area contributed by atoms with Gasteiger partial charge in [-0.15, -0.1) is 0 Å². The van der Waals surface area contributed by atoms with Gasteiger partial charge in [-0.25, -0.2) is 0 Å². The van der Waals surface area contributed by atoms with Gasteiger partial charge in [0.2, 0.25) is 0 Å². The van der Waals surface area contributed by atoms with Crippen LogP contribution < -0.4 is 0 Å². The SMILES string of the molecule is Cc1nc2c(c(-c3cccc(Cl)c3Cl)c1CC(C)C)C(=O)CCC2. The lowest BCUT2D eigenvalue weighted by Gasteiger charge is -2.24. The molecule has 4 heteroatoms. The number of carbonyl (C=O) groups excluding carboxylic acids is 1. The monoisotopic (exact) mass is 361 g/mol. The third-order valence-electron chi connectivity index (χ3n) is 4.51. The number of aromatic nitrogens is 1. The van der Waals surface area contributed by atoms with Gasteiger partial charge in [0.05, 0.1) is 15.7 Å². The van der Waals surface area contributed by atoms with Crippen molar-refractivity contribution < 1.29 is 4.79 Å². The Balaban J connectivity index is 2.38. The first kappa shape index (κ1) is 17.4. The number of Topliss-reactive ketones (excluding diaryl/α,β-unsaturated/α-hetero) is 1. The first-order valence-electron chi connectivity index (χ1n) is 8.40. The standard InChI is InChI=1S/C20H21Cl2NO/c1-11(2)10-14-12(3)23-16-8-5-9-17(24)19(16)18(14)13-6-4-7-15(21)20(13)22/h4,6-7,11H,5,8-10H2,1-3H3. The highest BCUT2D eigenvalue weighted by atomic mass is 35.5. The Kier molecular flexibility index (Phi) is 4.98. The summed E-state index contributed by atoms with van der Waals surface area (Å²) >= 11 is 12.8. The predicted molar refractivity (Wildman–Crippen MR) is 100 cm³/mol. The van der Waals surface area contributed by atoms with Crippen molar-refractivity contribution in [2.45, 2.75) is 46.5 Å². The number of pyridine rings is 1. The van der Waals surface area contributed by atoms with E-state index in [4.69, 9.17) is 28.2 Å². The number of hydrogen-bond donors (Lipinski definition) is 0. The molecule has 0 fully saturated rings. The molecule has 126 valence electrons. The Morgan fingerprint density at radius 1 is 1.17 bits per heavy atom. The number of halogens is 2. The van der Waals surface area contributed by atoms with Crippen LogP contribution in [0.4, 0.5) is 0 Å². The van der Waals surface area contributed by atoms with Crippen LogP contribution in [-0.2, 0) is 12.8 Å². The highest BCUT2D eigenvalue weighted by molar-refractivity contribution is 6.43. The van der Waals surface area contributed by atoms with Gasteiger partial charge in [0.1, 0.15) is 0 Å². The molecule has 3 rings (SSSR count). The Labute approximate surface area is 153 Å². The zero-order valence-corrected chi connectivity index (χ0v) is 15.8. The predicted octanol–water partition coefficient (Wildman–Crippen LogP) is 6.08. The molecule has 1 aliphatic rings. The van der Waals surface area contributed by atoms with Crippen LogP contribution in [0.15, 0.2) is 18.2 Å². The van der Waals surface area contributed by atoms with Gasteiger partial charge in [-0.1, -0.05) is 49.2 Å². The Bertz CT molecular complexity index is 812. The normalized spacial score (nSPS) is 14.2. The van der Waals surface area contributed by atoms with Crippen LogP contribution in [0.5, 0.6) is 0 Å². The van der Waals surface area contributed by atoms with Crippen molar-refractivity contribution in [3.8, 4) is 11.1 Å². The second-order valence-electron chi connectivity index (χ2n) is 6.85. The van der Waals surface area contributed by atoms with E-state index in [1.54, 1.807) is 6.07 Å². The van der Waals surface area contributed by atoms with Crippen LogP contribution in [-0.4, -0.2) is 10.8 Å². The zero-order chi connectivity index (χ0) is 17.4. The van der Waals surface area contributed by atoms with E-state index in [0.717, 1.165) is 52.9 Å². The van der Waals surface area contributed by atoms with E-state index < -0.39 is 0 Å². The van der Waals surface area contributed by atoms with E-state index in [0.29, 0.717) is 22.4 Å². The average molecular weight is 362 g/mol. The highest BCUT2D eigenvalue weighted by Crippen LogP contribution is 2.41. The topological polar surface area (TPSA) is 30.0 Å². The second kappa shape index (κ2) is 6.85. The molecule has 0 spiro atoms. The fraction of sp³-hybridized carbons (Fsp3) is 0.400. The molecule has 1 heterocycles. The summed E-state index contributed by atoms with van der Waals surface area (Å²) in [5, 5.41) is 1.02. The zero-order valence-electron chi connectivity index (χ0n) is 14.2. The molecule has 0 bridgehead atoms. The Morgan fingerprint density at radius 3 is 2.62 bits per heavy atom. The van der Waals surface area contributed by atoms with Crippen molar-refractivity contribution in [1.29, 1.82) is 0 Å². The third kappa shape index (κ3) is 3.10. The van der Waals surface area contributed by atoms with Gasteiger partial charge in [0.25, 0.3) is 0 Å². The summed E-state index contributed by atoms with van der Waals surface area (Å²) in [4.78, 5) is 17.5. The van der Waals surface area contributed by atoms with Crippen LogP contribution in [0.1, 0.15) is 54.0 Å². The molecule has 1 aromatic carbocycles. The lowest BCUT2D eigenvalue weighted by molar-refractivity contribution is 0.0972. The van der Waals surface area contributed by atoms with Crippen LogP contribution in [0.2, 0.25) is 10.0 Å². The summed E-state index contributed by atoms with van der Waals surface area (Å²) in [5.74, 6) is 0.624. The number of carbonyl (C=O) groups is 1. The molecule has 1 aromatic heterocycles. The minimum Gasteiger partial charge on any atom is -0.294 e. The summed E-state index contributed by atoms with van der Waals surface area (Å²) in [6.07, 6.45) is 3.14. The van der Waals surface area contributed by atoms with Crippen LogP contribution in [0.25, 0.3) is 11.1 Å². The number of nitrogens with zero attached hydrogens (tertiary/aromatic N) is 1. The van der Waals surface area contributed by atoms with E-state index in [1.165, 1.54) is 0 Å². The summed E-state index contributed by atoms with van der Waals surface area (Å²) < 4.78 is 0. The van der Waals surface area contributed by atoms with Gasteiger partial charge >= 0.3 is 0 Å². The quantitative estimate of drug-likeness (QED) is 0.662.